The highest BCUT2D eigenvalue weighted by Gasteiger charge is 1.97. The van der Waals surface area contributed by atoms with Crippen molar-refractivity contribution in [1.82, 2.24) is 5.32 Å². The van der Waals surface area contributed by atoms with Crippen molar-refractivity contribution < 1.29 is 0 Å². The van der Waals surface area contributed by atoms with Crippen LogP contribution in [0.25, 0.3) is 0 Å². The summed E-state index contributed by atoms with van der Waals surface area (Å²) in [5.74, 6) is 1.46. The second-order valence-electron chi connectivity index (χ2n) is 4.47. The molecule has 0 aliphatic carbocycles. The maximum atomic E-state index is 5.73. The molecule has 0 saturated heterocycles. The predicted octanol–water partition coefficient (Wildman–Crippen LogP) is 4.28. The molecular formula is C14H20ClNS. The van der Waals surface area contributed by atoms with Gasteiger partial charge in [0.2, 0.25) is 0 Å². The Balaban J connectivity index is 2.36. The van der Waals surface area contributed by atoms with Gasteiger partial charge >= 0.3 is 0 Å². The molecule has 3 heteroatoms. The van der Waals surface area contributed by atoms with Crippen molar-refractivity contribution in [3.8, 4) is 0 Å². The highest BCUT2D eigenvalue weighted by molar-refractivity contribution is 7.99. The predicted molar refractivity (Wildman–Crippen MR) is 78.7 cm³/mol. The van der Waals surface area contributed by atoms with Crippen LogP contribution in [-0.2, 0) is 6.54 Å². The quantitative estimate of drug-likeness (QED) is 0.742. The van der Waals surface area contributed by atoms with Crippen LogP contribution in [0.4, 0.5) is 0 Å². The van der Waals surface area contributed by atoms with Crippen LogP contribution in [0, 0.1) is 5.92 Å². The molecule has 17 heavy (non-hydrogen) atoms. The van der Waals surface area contributed by atoms with E-state index in [-0.39, 0.29) is 0 Å². The molecule has 1 aromatic rings. The van der Waals surface area contributed by atoms with Gasteiger partial charge < -0.3 is 5.32 Å². The molecule has 0 aliphatic rings. The van der Waals surface area contributed by atoms with Gasteiger partial charge in [0, 0.05) is 22.2 Å². The Hall–Kier alpha value is -0.440. The van der Waals surface area contributed by atoms with Gasteiger partial charge in [0.1, 0.15) is 0 Å². The number of thioether (sulfide) groups is 1. The van der Waals surface area contributed by atoms with E-state index in [0.717, 1.165) is 18.8 Å². The lowest BCUT2D eigenvalue weighted by molar-refractivity contribution is 0.552. The maximum absolute atomic E-state index is 5.73. The molecule has 0 unspecified atom stereocenters. The second-order valence-corrected chi connectivity index (χ2v) is 6.06. The zero-order chi connectivity index (χ0) is 12.7. The van der Waals surface area contributed by atoms with Crippen molar-refractivity contribution in [2.24, 2.45) is 5.92 Å². The van der Waals surface area contributed by atoms with Gasteiger partial charge in [0.25, 0.3) is 0 Å². The monoisotopic (exact) mass is 269 g/mol. The SMILES string of the molecule is C=C(Cl)CSc1ccc(CNCC(C)C)cc1. The summed E-state index contributed by atoms with van der Waals surface area (Å²) in [7, 11) is 0. The second kappa shape index (κ2) is 7.80. The molecule has 0 aromatic heterocycles. The van der Waals surface area contributed by atoms with Gasteiger partial charge in [-0.2, -0.15) is 0 Å². The number of rotatable bonds is 7. The zero-order valence-electron chi connectivity index (χ0n) is 10.5. The maximum Gasteiger partial charge on any atom is 0.0334 e. The molecule has 0 aliphatic heterocycles. The van der Waals surface area contributed by atoms with Crippen LogP contribution in [0.1, 0.15) is 19.4 Å². The number of halogens is 1. The fraction of sp³-hybridized carbons (Fsp3) is 0.429. The minimum Gasteiger partial charge on any atom is -0.312 e. The Bertz CT molecular complexity index is 346. The molecule has 1 nitrogen and oxygen atoms in total. The largest absolute Gasteiger partial charge is 0.312 e. The molecule has 0 heterocycles. The van der Waals surface area contributed by atoms with Crippen molar-refractivity contribution in [3.63, 3.8) is 0 Å². The van der Waals surface area contributed by atoms with Crippen LogP contribution in [0.2, 0.25) is 0 Å². The van der Waals surface area contributed by atoms with Crippen molar-refractivity contribution in [1.29, 1.82) is 0 Å². The van der Waals surface area contributed by atoms with Crippen LogP contribution >= 0.6 is 23.4 Å². The van der Waals surface area contributed by atoms with Crippen molar-refractivity contribution in [2.45, 2.75) is 25.3 Å². The van der Waals surface area contributed by atoms with E-state index in [4.69, 9.17) is 11.6 Å². The summed E-state index contributed by atoms with van der Waals surface area (Å²) in [5.41, 5.74) is 1.32. The normalized spacial score (nSPS) is 10.8. The molecule has 0 bridgehead atoms. The van der Waals surface area contributed by atoms with Gasteiger partial charge in [0.15, 0.2) is 0 Å². The highest BCUT2D eigenvalue weighted by Crippen LogP contribution is 2.21. The zero-order valence-corrected chi connectivity index (χ0v) is 12.1. The van der Waals surface area contributed by atoms with E-state index >= 15 is 0 Å². The Morgan fingerprint density at radius 2 is 2.00 bits per heavy atom. The van der Waals surface area contributed by atoms with Gasteiger partial charge in [-0.1, -0.05) is 44.2 Å². The van der Waals surface area contributed by atoms with E-state index < -0.39 is 0 Å². The molecular weight excluding hydrogens is 250 g/mol. The van der Waals surface area contributed by atoms with E-state index in [1.165, 1.54) is 10.5 Å². The third kappa shape index (κ3) is 6.77. The summed E-state index contributed by atoms with van der Waals surface area (Å²) in [6.07, 6.45) is 0. The standard InChI is InChI=1S/C14H20ClNS/c1-11(2)8-16-9-13-4-6-14(7-5-13)17-10-12(3)15/h4-7,11,16H,3,8-10H2,1-2H3. The van der Waals surface area contributed by atoms with Crippen molar-refractivity contribution in [2.75, 3.05) is 12.3 Å². The van der Waals surface area contributed by atoms with Crippen molar-refractivity contribution in [3.05, 3.63) is 41.4 Å². The van der Waals surface area contributed by atoms with Crippen LogP contribution in [-0.4, -0.2) is 12.3 Å². The van der Waals surface area contributed by atoms with Gasteiger partial charge in [-0.25, -0.2) is 0 Å². The molecule has 1 N–H and O–H groups in total. The van der Waals surface area contributed by atoms with Crippen LogP contribution in [0.5, 0.6) is 0 Å². The Morgan fingerprint density at radius 1 is 1.35 bits per heavy atom. The third-order valence-electron chi connectivity index (χ3n) is 2.20. The van der Waals surface area contributed by atoms with Gasteiger partial charge in [-0.3, -0.25) is 0 Å². The smallest absolute Gasteiger partial charge is 0.0334 e. The van der Waals surface area contributed by atoms with Gasteiger partial charge in [-0.05, 0) is 30.2 Å². The number of nitrogens with one attached hydrogen (secondary N) is 1. The average Bonchev–Trinajstić information content (AvgIpc) is 2.27. The Labute approximate surface area is 114 Å². The molecule has 0 radical (unpaired) electrons. The highest BCUT2D eigenvalue weighted by atomic mass is 35.5. The Morgan fingerprint density at radius 3 is 2.53 bits per heavy atom. The van der Waals surface area contributed by atoms with Gasteiger partial charge in [0.05, 0.1) is 0 Å². The first kappa shape index (κ1) is 14.6. The summed E-state index contributed by atoms with van der Waals surface area (Å²) >= 11 is 7.45. The molecule has 0 amide bonds. The van der Waals surface area contributed by atoms with E-state index in [1.807, 2.05) is 0 Å². The molecule has 0 atom stereocenters. The van der Waals surface area contributed by atoms with E-state index in [1.54, 1.807) is 11.8 Å². The van der Waals surface area contributed by atoms with Crippen LogP contribution in [0.15, 0.2) is 40.8 Å². The lowest BCUT2D eigenvalue weighted by Gasteiger charge is -2.08. The van der Waals surface area contributed by atoms with E-state index in [9.17, 15) is 0 Å². The molecule has 94 valence electrons. The summed E-state index contributed by atoms with van der Waals surface area (Å²) in [5, 5.41) is 4.12. The first-order chi connectivity index (χ1) is 8.08. The molecule has 0 saturated carbocycles. The number of hydrogen-bond donors (Lipinski definition) is 1. The van der Waals surface area contributed by atoms with E-state index in [0.29, 0.717) is 11.0 Å². The topological polar surface area (TPSA) is 12.0 Å². The van der Waals surface area contributed by atoms with E-state index in [2.05, 4.69) is 50.0 Å². The van der Waals surface area contributed by atoms with Gasteiger partial charge in [-0.15, -0.1) is 11.8 Å². The summed E-state index contributed by atoms with van der Waals surface area (Å²) in [6.45, 7) is 10.1. The summed E-state index contributed by atoms with van der Waals surface area (Å²) in [4.78, 5) is 1.24. The first-order valence-corrected chi connectivity index (χ1v) is 7.20. The number of benzene rings is 1. The van der Waals surface area contributed by atoms with Crippen molar-refractivity contribution >= 4 is 23.4 Å². The first-order valence-electron chi connectivity index (χ1n) is 5.83. The fourth-order valence-electron chi connectivity index (χ4n) is 1.37. The third-order valence-corrected chi connectivity index (χ3v) is 3.59. The molecule has 0 fully saturated rings. The summed E-state index contributed by atoms with van der Waals surface area (Å²) < 4.78 is 0. The van der Waals surface area contributed by atoms with Crippen LogP contribution in [0.3, 0.4) is 0 Å². The molecule has 0 spiro atoms. The Kier molecular flexibility index (Phi) is 6.71. The molecule has 1 rings (SSSR count). The molecule has 1 aromatic carbocycles. The van der Waals surface area contributed by atoms with Crippen LogP contribution < -0.4 is 5.32 Å². The lowest BCUT2D eigenvalue weighted by Crippen LogP contribution is -2.18. The summed E-state index contributed by atoms with van der Waals surface area (Å²) in [6, 6.07) is 8.59. The number of hydrogen-bond acceptors (Lipinski definition) is 2. The fourth-order valence-corrected chi connectivity index (χ4v) is 2.19. The lowest BCUT2D eigenvalue weighted by atomic mass is 10.2. The average molecular weight is 270 g/mol. The minimum atomic E-state index is 0.692. The minimum absolute atomic E-state index is 0.692.